The number of aliphatic hydroxyl groups is 1. The minimum atomic E-state index is -0.675. The van der Waals surface area contributed by atoms with E-state index in [0.29, 0.717) is 0 Å². The molecule has 0 heterocycles. The molecule has 1 fully saturated rings. The third-order valence-electron chi connectivity index (χ3n) is 2.98. The summed E-state index contributed by atoms with van der Waals surface area (Å²) in [6.45, 7) is 1.86. The lowest BCUT2D eigenvalue weighted by molar-refractivity contribution is -0.137. The van der Waals surface area contributed by atoms with Crippen LogP contribution in [0.4, 0.5) is 0 Å². The molecule has 1 aliphatic carbocycles. The summed E-state index contributed by atoms with van der Waals surface area (Å²) in [4.78, 5) is 16.2. The highest BCUT2D eigenvalue weighted by atomic mass is 35.5. The van der Waals surface area contributed by atoms with Gasteiger partial charge in [-0.05, 0) is 31.9 Å². The number of benzene rings is 1. The molecule has 0 amide bonds. The molecule has 0 spiro atoms. The average Bonchev–Trinajstić information content (AvgIpc) is 3.27. The van der Waals surface area contributed by atoms with Gasteiger partial charge in [0.15, 0.2) is 0 Å². The van der Waals surface area contributed by atoms with Crippen LogP contribution in [0.2, 0.25) is 15.1 Å². The van der Waals surface area contributed by atoms with E-state index >= 15 is 0 Å². The highest BCUT2D eigenvalue weighted by Gasteiger charge is 2.23. The number of rotatable bonds is 5. The van der Waals surface area contributed by atoms with E-state index in [-0.39, 0.29) is 44.6 Å². The van der Waals surface area contributed by atoms with Crippen LogP contribution in [-0.2, 0) is 9.53 Å². The lowest BCUT2D eigenvalue weighted by atomic mass is 10.1. The molecule has 2 rings (SSSR count). The Morgan fingerprint density at radius 3 is 2.55 bits per heavy atom. The molecule has 1 N–H and O–H groups in total. The van der Waals surface area contributed by atoms with E-state index in [1.807, 2.05) is 0 Å². The zero-order valence-corrected chi connectivity index (χ0v) is 14.0. The van der Waals surface area contributed by atoms with E-state index in [2.05, 4.69) is 4.99 Å². The Balaban J connectivity index is 2.47. The molecule has 0 saturated heterocycles. The fraction of sp³-hybridized carbons (Fsp3) is 0.333. The van der Waals surface area contributed by atoms with Crippen LogP contribution >= 0.6 is 34.8 Å². The smallest absolute Gasteiger partial charge is 0.343 e. The summed E-state index contributed by atoms with van der Waals surface area (Å²) < 4.78 is 4.94. The Morgan fingerprint density at radius 1 is 1.32 bits per heavy atom. The topological polar surface area (TPSA) is 58.9 Å². The first-order valence-corrected chi connectivity index (χ1v) is 7.85. The molecule has 0 radical (unpaired) electrons. The van der Waals surface area contributed by atoms with Crippen molar-refractivity contribution >= 4 is 52.7 Å². The van der Waals surface area contributed by atoms with E-state index in [0.717, 1.165) is 12.8 Å². The van der Waals surface area contributed by atoms with Crippen LogP contribution in [0.3, 0.4) is 0 Å². The summed E-state index contributed by atoms with van der Waals surface area (Å²) in [7, 11) is 0. The van der Waals surface area contributed by atoms with Crippen molar-refractivity contribution in [3.05, 3.63) is 38.3 Å². The van der Waals surface area contributed by atoms with Crippen molar-refractivity contribution in [2.45, 2.75) is 25.8 Å². The molecule has 0 bridgehead atoms. The summed E-state index contributed by atoms with van der Waals surface area (Å²) in [6.07, 6.45) is 3.27. The fourth-order valence-electron chi connectivity index (χ4n) is 1.67. The molecule has 1 aromatic rings. The summed E-state index contributed by atoms with van der Waals surface area (Å²) in [6, 6.07) is 2.99. The third-order valence-corrected chi connectivity index (χ3v) is 4.01. The van der Waals surface area contributed by atoms with Crippen molar-refractivity contribution in [3.63, 3.8) is 0 Å². The number of aliphatic imine (C=N–C) groups is 1. The first kappa shape index (κ1) is 17.1. The second-order valence-corrected chi connectivity index (χ2v) is 5.96. The molecular formula is C15H14Cl3NO3. The van der Waals surface area contributed by atoms with Crippen molar-refractivity contribution in [2.75, 3.05) is 6.61 Å². The largest absolute Gasteiger partial charge is 0.506 e. The minimum Gasteiger partial charge on any atom is -0.506 e. The first-order chi connectivity index (χ1) is 10.4. The minimum absolute atomic E-state index is 0.0611. The van der Waals surface area contributed by atoms with Gasteiger partial charge in [-0.15, -0.1) is 0 Å². The quantitative estimate of drug-likeness (QED) is 0.271. The molecule has 118 valence electrons. The van der Waals surface area contributed by atoms with Crippen molar-refractivity contribution in [1.82, 2.24) is 0 Å². The van der Waals surface area contributed by atoms with Gasteiger partial charge in [0.1, 0.15) is 11.3 Å². The Hall–Kier alpha value is -1.23. The van der Waals surface area contributed by atoms with Gasteiger partial charge in [0.25, 0.3) is 0 Å². The Bertz CT molecular complexity index is 652. The zero-order chi connectivity index (χ0) is 16.3. The van der Waals surface area contributed by atoms with E-state index in [9.17, 15) is 9.90 Å². The number of esters is 1. The van der Waals surface area contributed by atoms with Crippen LogP contribution < -0.4 is 0 Å². The normalized spacial score (nSPS) is 15.8. The molecule has 0 atom stereocenters. The third kappa shape index (κ3) is 4.15. The molecule has 1 aromatic carbocycles. The van der Waals surface area contributed by atoms with Gasteiger partial charge in [-0.3, -0.25) is 4.99 Å². The average molecular weight is 363 g/mol. The summed E-state index contributed by atoms with van der Waals surface area (Å²) >= 11 is 17.9. The molecule has 1 aliphatic rings. The van der Waals surface area contributed by atoms with E-state index in [4.69, 9.17) is 39.5 Å². The fourth-order valence-corrected chi connectivity index (χ4v) is 2.31. The number of hydrogen-bond acceptors (Lipinski definition) is 4. The van der Waals surface area contributed by atoms with Crippen LogP contribution in [0.5, 0.6) is 0 Å². The van der Waals surface area contributed by atoms with Crippen molar-refractivity contribution in [3.8, 4) is 0 Å². The molecular weight excluding hydrogens is 349 g/mol. The summed E-state index contributed by atoms with van der Waals surface area (Å²) in [5.41, 5.74) is 0.135. The van der Waals surface area contributed by atoms with Gasteiger partial charge in [0, 0.05) is 11.8 Å². The number of ether oxygens (including phenoxy) is 1. The Morgan fingerprint density at radius 2 is 1.95 bits per heavy atom. The number of carbonyl (C=O) groups is 1. The summed E-state index contributed by atoms with van der Waals surface area (Å²) in [5, 5.41) is 11.1. The van der Waals surface area contributed by atoms with Crippen LogP contribution in [0.1, 0.15) is 25.3 Å². The SMILES string of the molecule is CCOC(=O)C(C=NC1CC1)=C(O)c1cc(Cl)c(Cl)cc1Cl. The van der Waals surface area contributed by atoms with Gasteiger partial charge < -0.3 is 9.84 Å². The van der Waals surface area contributed by atoms with Gasteiger partial charge >= 0.3 is 5.97 Å². The number of nitrogens with zero attached hydrogens (tertiary/aromatic N) is 1. The van der Waals surface area contributed by atoms with Crippen LogP contribution in [0.25, 0.3) is 5.76 Å². The molecule has 0 aromatic heterocycles. The number of carbonyl (C=O) groups excluding carboxylic acids is 1. The number of halogens is 3. The standard InChI is InChI=1S/C15H14Cl3NO3/c1-2-22-15(21)10(7-19-8-3-4-8)14(20)9-5-12(17)13(18)6-11(9)16/h5-8,20H,2-4H2,1H3. The molecule has 7 heteroatoms. The lowest BCUT2D eigenvalue weighted by Crippen LogP contribution is -2.11. The molecule has 0 unspecified atom stereocenters. The Kier molecular flexibility index (Phi) is 5.73. The van der Waals surface area contributed by atoms with Crippen molar-refractivity contribution < 1.29 is 14.6 Å². The van der Waals surface area contributed by atoms with E-state index < -0.39 is 5.97 Å². The van der Waals surface area contributed by atoms with Gasteiger partial charge in [0.2, 0.25) is 0 Å². The van der Waals surface area contributed by atoms with E-state index in [1.165, 1.54) is 18.3 Å². The monoisotopic (exact) mass is 361 g/mol. The highest BCUT2D eigenvalue weighted by molar-refractivity contribution is 6.43. The van der Waals surface area contributed by atoms with E-state index in [1.54, 1.807) is 6.92 Å². The maximum Gasteiger partial charge on any atom is 0.343 e. The van der Waals surface area contributed by atoms with Crippen molar-refractivity contribution in [2.24, 2.45) is 4.99 Å². The lowest BCUT2D eigenvalue weighted by Gasteiger charge is -2.09. The van der Waals surface area contributed by atoms with Gasteiger partial charge in [-0.1, -0.05) is 34.8 Å². The van der Waals surface area contributed by atoms with Gasteiger partial charge in [-0.25, -0.2) is 4.79 Å². The molecule has 1 saturated carbocycles. The second-order valence-electron chi connectivity index (χ2n) is 4.74. The first-order valence-electron chi connectivity index (χ1n) is 6.72. The van der Waals surface area contributed by atoms with Crippen molar-refractivity contribution in [1.29, 1.82) is 0 Å². The molecule has 4 nitrogen and oxygen atoms in total. The van der Waals surface area contributed by atoms with Crippen LogP contribution in [0.15, 0.2) is 22.7 Å². The maximum atomic E-state index is 12.0. The van der Waals surface area contributed by atoms with Gasteiger partial charge in [-0.2, -0.15) is 0 Å². The van der Waals surface area contributed by atoms with Crippen LogP contribution in [-0.4, -0.2) is 29.9 Å². The molecule has 22 heavy (non-hydrogen) atoms. The highest BCUT2D eigenvalue weighted by Crippen LogP contribution is 2.33. The maximum absolute atomic E-state index is 12.0. The number of aliphatic hydroxyl groups excluding tert-OH is 1. The van der Waals surface area contributed by atoms with Gasteiger partial charge in [0.05, 0.1) is 27.7 Å². The molecule has 0 aliphatic heterocycles. The Labute approximate surface area is 143 Å². The zero-order valence-electron chi connectivity index (χ0n) is 11.8. The number of hydrogen-bond donors (Lipinski definition) is 1. The predicted molar refractivity (Wildman–Crippen MR) is 89.2 cm³/mol. The summed E-state index contributed by atoms with van der Waals surface area (Å²) in [5.74, 6) is -1.02. The van der Waals surface area contributed by atoms with Crippen LogP contribution in [0, 0.1) is 0 Å². The second kappa shape index (κ2) is 7.36. The predicted octanol–water partition coefficient (Wildman–Crippen LogP) is 4.71.